The van der Waals surface area contributed by atoms with Crippen LogP contribution in [0.1, 0.15) is 18.4 Å². The molecule has 0 aliphatic carbocycles. The number of imide groups is 1. The minimum absolute atomic E-state index is 0.0848. The molecule has 8 heteroatoms. The van der Waals surface area contributed by atoms with Gasteiger partial charge in [0.05, 0.1) is 5.69 Å². The highest BCUT2D eigenvalue weighted by molar-refractivity contribution is 6.04. The number of nitrogens with one attached hydrogen (secondary N) is 2. The van der Waals surface area contributed by atoms with Crippen LogP contribution in [0, 0.1) is 0 Å². The third-order valence-corrected chi connectivity index (χ3v) is 4.03. The number of rotatable bonds is 6. The molecule has 0 bridgehead atoms. The lowest BCUT2D eigenvalue weighted by Gasteiger charge is -2.18. The van der Waals surface area contributed by atoms with Crippen molar-refractivity contribution < 1.29 is 14.4 Å². The molecule has 1 aromatic carbocycles. The summed E-state index contributed by atoms with van der Waals surface area (Å²) in [5.74, 6) is -0.467. The third kappa shape index (κ3) is 4.03. The largest absolute Gasteiger partial charge is 0.341 e. The van der Waals surface area contributed by atoms with E-state index in [1.54, 1.807) is 22.8 Å². The molecule has 0 radical (unpaired) electrons. The van der Waals surface area contributed by atoms with Crippen LogP contribution in [0.15, 0.2) is 42.7 Å². The number of aromatic nitrogens is 2. The number of benzene rings is 1. The van der Waals surface area contributed by atoms with Crippen LogP contribution in [0.3, 0.4) is 0 Å². The second-order valence-corrected chi connectivity index (χ2v) is 5.92. The number of nitrogens with zero attached hydrogens (tertiary/aromatic N) is 3. The van der Waals surface area contributed by atoms with Crippen molar-refractivity contribution in [1.29, 1.82) is 0 Å². The summed E-state index contributed by atoms with van der Waals surface area (Å²) in [6, 6.07) is 8.49. The Morgan fingerprint density at radius 2 is 2.16 bits per heavy atom. The second-order valence-electron chi connectivity index (χ2n) is 5.92. The maximum Gasteiger partial charge on any atom is 0.322 e. The summed E-state index contributed by atoms with van der Waals surface area (Å²) in [6.45, 7) is 0.456. The summed E-state index contributed by atoms with van der Waals surface area (Å²) in [7, 11) is 1.72. The van der Waals surface area contributed by atoms with Crippen molar-refractivity contribution in [2.24, 2.45) is 0 Å². The number of hydrogen-bond acceptors (Lipinski definition) is 4. The van der Waals surface area contributed by atoms with Gasteiger partial charge in [0.2, 0.25) is 5.91 Å². The van der Waals surface area contributed by atoms with Gasteiger partial charge in [-0.3, -0.25) is 14.9 Å². The van der Waals surface area contributed by atoms with Crippen LogP contribution in [0.25, 0.3) is 5.69 Å². The lowest BCUT2D eigenvalue weighted by Crippen LogP contribution is -2.32. The van der Waals surface area contributed by atoms with Gasteiger partial charge in [-0.1, -0.05) is 12.1 Å². The fourth-order valence-electron chi connectivity index (χ4n) is 2.70. The molecular formula is C17H19N5O3. The van der Waals surface area contributed by atoms with E-state index in [2.05, 4.69) is 15.7 Å². The molecule has 1 aliphatic heterocycles. The zero-order valence-electron chi connectivity index (χ0n) is 13.8. The summed E-state index contributed by atoms with van der Waals surface area (Å²) in [6.07, 6.45) is 4.04. The highest BCUT2D eigenvalue weighted by Crippen LogP contribution is 2.12. The van der Waals surface area contributed by atoms with E-state index in [1.165, 1.54) is 0 Å². The lowest BCUT2D eigenvalue weighted by atomic mass is 10.1. The fourth-order valence-corrected chi connectivity index (χ4v) is 2.70. The Morgan fingerprint density at radius 3 is 2.84 bits per heavy atom. The molecule has 2 N–H and O–H groups in total. The summed E-state index contributed by atoms with van der Waals surface area (Å²) >= 11 is 0. The van der Waals surface area contributed by atoms with Crippen LogP contribution in [-0.2, 0) is 16.1 Å². The average Bonchev–Trinajstić information content (AvgIpc) is 3.22. The van der Waals surface area contributed by atoms with E-state index in [0.717, 1.165) is 11.3 Å². The van der Waals surface area contributed by atoms with Crippen LogP contribution in [0.2, 0.25) is 0 Å². The van der Waals surface area contributed by atoms with Crippen LogP contribution in [0.4, 0.5) is 4.79 Å². The van der Waals surface area contributed by atoms with Gasteiger partial charge in [0.25, 0.3) is 5.91 Å². The molecule has 1 saturated heterocycles. The SMILES string of the molecule is CN(Cc1cccc(-n2cccn2)c1)C(=O)CC[C@@H]1NC(=O)NC1=O. The fraction of sp³-hybridized carbons (Fsp3) is 0.294. The summed E-state index contributed by atoms with van der Waals surface area (Å²) in [5.41, 5.74) is 1.91. The van der Waals surface area contributed by atoms with E-state index in [1.807, 2.05) is 36.5 Å². The Hall–Kier alpha value is -3.16. The van der Waals surface area contributed by atoms with Crippen molar-refractivity contribution in [3.05, 3.63) is 48.3 Å². The first-order valence-corrected chi connectivity index (χ1v) is 7.97. The van der Waals surface area contributed by atoms with Gasteiger partial charge < -0.3 is 10.2 Å². The molecule has 0 unspecified atom stereocenters. The van der Waals surface area contributed by atoms with Crippen LogP contribution in [0.5, 0.6) is 0 Å². The summed E-state index contributed by atoms with van der Waals surface area (Å²) < 4.78 is 1.76. The Labute approximate surface area is 144 Å². The number of carbonyl (C=O) groups excluding carboxylic acids is 3. The number of urea groups is 1. The van der Waals surface area contributed by atoms with E-state index in [9.17, 15) is 14.4 Å². The molecule has 8 nitrogen and oxygen atoms in total. The highest BCUT2D eigenvalue weighted by Gasteiger charge is 2.29. The summed E-state index contributed by atoms with van der Waals surface area (Å²) in [4.78, 5) is 36.4. The molecular weight excluding hydrogens is 322 g/mol. The van der Waals surface area contributed by atoms with Gasteiger partial charge in [-0.05, 0) is 30.2 Å². The molecule has 1 aromatic heterocycles. The highest BCUT2D eigenvalue weighted by atomic mass is 16.2. The predicted molar refractivity (Wildman–Crippen MR) is 89.7 cm³/mol. The number of carbonyl (C=O) groups is 3. The van der Waals surface area contributed by atoms with E-state index in [0.29, 0.717) is 6.54 Å². The quantitative estimate of drug-likeness (QED) is 0.760. The average molecular weight is 341 g/mol. The monoisotopic (exact) mass is 341 g/mol. The maximum absolute atomic E-state index is 12.3. The lowest BCUT2D eigenvalue weighted by molar-refractivity contribution is -0.130. The van der Waals surface area contributed by atoms with Gasteiger partial charge in [-0.2, -0.15) is 5.10 Å². The van der Waals surface area contributed by atoms with Crippen LogP contribution < -0.4 is 10.6 Å². The van der Waals surface area contributed by atoms with Crippen LogP contribution >= 0.6 is 0 Å². The zero-order chi connectivity index (χ0) is 17.8. The smallest absolute Gasteiger partial charge is 0.322 e. The molecule has 0 spiro atoms. The molecule has 4 amide bonds. The molecule has 1 fully saturated rings. The molecule has 0 saturated carbocycles. The van der Waals surface area contributed by atoms with Crippen molar-refractivity contribution in [2.75, 3.05) is 7.05 Å². The van der Waals surface area contributed by atoms with E-state index in [-0.39, 0.29) is 24.7 Å². The van der Waals surface area contributed by atoms with Gasteiger partial charge >= 0.3 is 6.03 Å². The van der Waals surface area contributed by atoms with Crippen molar-refractivity contribution in [3.63, 3.8) is 0 Å². The van der Waals surface area contributed by atoms with Gasteiger partial charge in [-0.25, -0.2) is 9.48 Å². The number of amides is 4. The maximum atomic E-state index is 12.3. The summed E-state index contributed by atoms with van der Waals surface area (Å²) in [5, 5.41) is 8.84. The molecule has 1 aliphatic rings. The first kappa shape index (κ1) is 16.7. The molecule has 3 rings (SSSR count). The molecule has 25 heavy (non-hydrogen) atoms. The van der Waals surface area contributed by atoms with E-state index >= 15 is 0 Å². The van der Waals surface area contributed by atoms with Crippen molar-refractivity contribution in [1.82, 2.24) is 25.3 Å². The molecule has 1 atom stereocenters. The second kappa shape index (κ2) is 7.16. The topological polar surface area (TPSA) is 96.3 Å². The van der Waals surface area contributed by atoms with Crippen molar-refractivity contribution in [3.8, 4) is 5.69 Å². The molecule has 2 heterocycles. The van der Waals surface area contributed by atoms with Gasteiger partial charge in [0.1, 0.15) is 6.04 Å². The first-order valence-electron chi connectivity index (χ1n) is 7.97. The van der Waals surface area contributed by atoms with E-state index < -0.39 is 12.1 Å². The minimum atomic E-state index is -0.631. The van der Waals surface area contributed by atoms with Gasteiger partial charge in [0.15, 0.2) is 0 Å². The standard InChI is InChI=1S/C17H19N5O3/c1-21(15(23)7-6-14-16(24)20-17(25)19-14)11-12-4-2-5-13(10-12)22-9-3-8-18-22/h2-5,8-10,14H,6-7,11H2,1H3,(H2,19,20,24,25)/t14-/m0/s1. The zero-order valence-corrected chi connectivity index (χ0v) is 13.8. The third-order valence-electron chi connectivity index (χ3n) is 4.03. The Morgan fingerprint density at radius 1 is 1.32 bits per heavy atom. The Bertz CT molecular complexity index is 787. The van der Waals surface area contributed by atoms with E-state index in [4.69, 9.17) is 0 Å². The van der Waals surface area contributed by atoms with Gasteiger partial charge in [0, 0.05) is 32.4 Å². The van der Waals surface area contributed by atoms with Crippen LogP contribution in [-0.4, -0.2) is 45.6 Å². The van der Waals surface area contributed by atoms with Crippen molar-refractivity contribution in [2.45, 2.75) is 25.4 Å². The Balaban J connectivity index is 1.55. The molecule has 2 aromatic rings. The first-order chi connectivity index (χ1) is 12.0. The molecule has 130 valence electrons. The number of hydrogen-bond donors (Lipinski definition) is 2. The Kier molecular flexibility index (Phi) is 4.78. The normalized spacial score (nSPS) is 16.4. The van der Waals surface area contributed by atoms with Gasteiger partial charge in [-0.15, -0.1) is 0 Å². The predicted octanol–water partition coefficient (Wildman–Crippen LogP) is 0.819. The minimum Gasteiger partial charge on any atom is -0.341 e. The van der Waals surface area contributed by atoms with Crippen molar-refractivity contribution >= 4 is 17.8 Å².